The van der Waals surface area contributed by atoms with Crippen molar-refractivity contribution in [3.05, 3.63) is 18.2 Å². The first-order valence-corrected chi connectivity index (χ1v) is 6.78. The van der Waals surface area contributed by atoms with E-state index in [-0.39, 0.29) is 11.4 Å². The Morgan fingerprint density at radius 1 is 1.47 bits per heavy atom. The SMILES string of the molecule is C#CCNc1ccc(S(=O)(=O)NC(C)=O)cc1OC. The van der Waals surface area contributed by atoms with Gasteiger partial charge in [-0.1, -0.05) is 5.92 Å². The molecule has 2 N–H and O–H groups in total. The van der Waals surface area contributed by atoms with E-state index in [1.807, 2.05) is 4.72 Å². The number of rotatable bonds is 5. The third-order valence-corrected chi connectivity index (χ3v) is 3.57. The number of anilines is 1. The van der Waals surface area contributed by atoms with Crippen LogP contribution in [0.5, 0.6) is 5.75 Å². The van der Waals surface area contributed by atoms with Crippen molar-refractivity contribution in [2.45, 2.75) is 11.8 Å². The summed E-state index contributed by atoms with van der Waals surface area (Å²) < 4.78 is 30.5. The van der Waals surface area contributed by atoms with Gasteiger partial charge in [-0.3, -0.25) is 4.79 Å². The van der Waals surface area contributed by atoms with Crippen molar-refractivity contribution >= 4 is 21.6 Å². The van der Waals surface area contributed by atoms with E-state index in [0.29, 0.717) is 11.4 Å². The summed E-state index contributed by atoms with van der Waals surface area (Å²) in [6.45, 7) is 1.41. The molecule has 0 fully saturated rings. The highest BCUT2D eigenvalue weighted by atomic mass is 32.2. The molecule has 0 aromatic heterocycles. The van der Waals surface area contributed by atoms with Crippen LogP contribution in [0.15, 0.2) is 23.1 Å². The van der Waals surface area contributed by atoms with Crippen LogP contribution in [0.3, 0.4) is 0 Å². The first kappa shape index (κ1) is 14.9. The fourth-order valence-electron chi connectivity index (χ4n) is 1.38. The topological polar surface area (TPSA) is 84.5 Å². The molecule has 0 saturated carbocycles. The molecule has 0 aliphatic carbocycles. The van der Waals surface area contributed by atoms with Gasteiger partial charge in [0, 0.05) is 13.0 Å². The molecule has 7 heteroatoms. The van der Waals surface area contributed by atoms with E-state index >= 15 is 0 Å². The van der Waals surface area contributed by atoms with Crippen molar-refractivity contribution in [3.8, 4) is 18.1 Å². The van der Waals surface area contributed by atoms with Gasteiger partial charge >= 0.3 is 0 Å². The lowest BCUT2D eigenvalue weighted by Crippen LogP contribution is -2.28. The zero-order valence-corrected chi connectivity index (χ0v) is 11.4. The number of terminal acetylenes is 1. The van der Waals surface area contributed by atoms with Crippen LogP contribution in [0.1, 0.15) is 6.92 Å². The van der Waals surface area contributed by atoms with E-state index < -0.39 is 15.9 Å². The van der Waals surface area contributed by atoms with Gasteiger partial charge in [0.25, 0.3) is 10.0 Å². The number of benzene rings is 1. The van der Waals surface area contributed by atoms with Crippen LogP contribution in [0.4, 0.5) is 5.69 Å². The molecule has 0 bridgehead atoms. The standard InChI is InChI=1S/C12H14N2O4S/c1-4-7-13-11-6-5-10(8-12(11)18-3)19(16,17)14-9(2)15/h1,5-6,8,13H,7H2,2-3H3,(H,14,15). The Bertz CT molecular complexity index is 617. The van der Waals surface area contributed by atoms with Gasteiger partial charge in [-0.05, 0) is 12.1 Å². The highest BCUT2D eigenvalue weighted by Gasteiger charge is 2.17. The molecular weight excluding hydrogens is 268 g/mol. The Hall–Kier alpha value is -2.20. The van der Waals surface area contributed by atoms with Gasteiger partial charge in [-0.15, -0.1) is 6.42 Å². The summed E-state index contributed by atoms with van der Waals surface area (Å²) in [5.41, 5.74) is 0.572. The van der Waals surface area contributed by atoms with Crippen LogP contribution in [-0.2, 0) is 14.8 Å². The lowest BCUT2D eigenvalue weighted by molar-refractivity contribution is -0.117. The van der Waals surface area contributed by atoms with Crippen molar-refractivity contribution < 1.29 is 17.9 Å². The lowest BCUT2D eigenvalue weighted by atomic mass is 10.3. The number of ether oxygens (including phenoxy) is 1. The molecule has 1 rings (SSSR count). The van der Waals surface area contributed by atoms with Gasteiger partial charge in [0.2, 0.25) is 5.91 Å². The zero-order chi connectivity index (χ0) is 14.5. The molecule has 0 aliphatic rings. The number of hydrogen-bond acceptors (Lipinski definition) is 5. The van der Waals surface area contributed by atoms with E-state index in [9.17, 15) is 13.2 Å². The Labute approximate surface area is 112 Å². The van der Waals surface area contributed by atoms with Crippen LogP contribution < -0.4 is 14.8 Å². The Morgan fingerprint density at radius 3 is 2.68 bits per heavy atom. The highest BCUT2D eigenvalue weighted by Crippen LogP contribution is 2.27. The summed E-state index contributed by atoms with van der Waals surface area (Å²) in [5.74, 6) is 2.06. The Balaban J connectivity index is 3.13. The molecule has 6 nitrogen and oxygen atoms in total. The number of carbonyl (C=O) groups is 1. The predicted molar refractivity (Wildman–Crippen MR) is 71.3 cm³/mol. The molecule has 1 aromatic carbocycles. The van der Waals surface area contributed by atoms with E-state index in [0.717, 1.165) is 6.92 Å². The monoisotopic (exact) mass is 282 g/mol. The highest BCUT2D eigenvalue weighted by molar-refractivity contribution is 7.90. The van der Waals surface area contributed by atoms with Crippen molar-refractivity contribution in [2.24, 2.45) is 0 Å². The molecule has 0 radical (unpaired) electrons. The average Bonchev–Trinajstić information content (AvgIpc) is 2.34. The summed E-state index contributed by atoms with van der Waals surface area (Å²) in [6, 6.07) is 4.18. The zero-order valence-electron chi connectivity index (χ0n) is 10.6. The van der Waals surface area contributed by atoms with E-state index in [4.69, 9.17) is 11.2 Å². The minimum Gasteiger partial charge on any atom is -0.495 e. The maximum Gasteiger partial charge on any atom is 0.264 e. The maximum atomic E-state index is 11.8. The normalized spacial score (nSPS) is 10.4. The number of amides is 1. The Morgan fingerprint density at radius 2 is 2.16 bits per heavy atom. The van der Waals surface area contributed by atoms with E-state index in [1.54, 1.807) is 0 Å². The van der Waals surface area contributed by atoms with Crippen LogP contribution in [0, 0.1) is 12.3 Å². The van der Waals surface area contributed by atoms with Gasteiger partial charge in [0.05, 0.1) is 24.2 Å². The molecule has 19 heavy (non-hydrogen) atoms. The minimum absolute atomic E-state index is 0.0641. The number of carbonyl (C=O) groups excluding carboxylic acids is 1. The number of hydrogen-bond donors (Lipinski definition) is 2. The van der Waals surface area contributed by atoms with Gasteiger partial charge in [-0.2, -0.15) is 0 Å². The smallest absolute Gasteiger partial charge is 0.264 e. The molecule has 0 atom stereocenters. The van der Waals surface area contributed by atoms with E-state index in [2.05, 4.69) is 11.2 Å². The van der Waals surface area contributed by atoms with Crippen molar-refractivity contribution in [1.29, 1.82) is 0 Å². The summed E-state index contributed by atoms with van der Waals surface area (Å²) in [7, 11) is -2.47. The van der Waals surface area contributed by atoms with Crippen LogP contribution in [0.2, 0.25) is 0 Å². The quantitative estimate of drug-likeness (QED) is 0.771. The average molecular weight is 282 g/mol. The van der Waals surface area contributed by atoms with E-state index in [1.165, 1.54) is 25.3 Å². The summed E-state index contributed by atoms with van der Waals surface area (Å²) in [4.78, 5) is 10.8. The van der Waals surface area contributed by atoms with Crippen molar-refractivity contribution in [3.63, 3.8) is 0 Å². The van der Waals surface area contributed by atoms with Crippen molar-refractivity contribution in [1.82, 2.24) is 4.72 Å². The molecule has 1 amide bonds. The first-order valence-electron chi connectivity index (χ1n) is 5.29. The second kappa shape index (κ2) is 6.11. The number of sulfonamides is 1. The van der Waals surface area contributed by atoms with Gasteiger partial charge < -0.3 is 10.1 Å². The van der Waals surface area contributed by atoms with Crippen molar-refractivity contribution in [2.75, 3.05) is 19.0 Å². The van der Waals surface area contributed by atoms with Crippen LogP contribution in [-0.4, -0.2) is 28.0 Å². The molecular formula is C12H14N2O4S. The molecule has 0 heterocycles. The summed E-state index contributed by atoms with van der Waals surface area (Å²) >= 11 is 0. The molecule has 1 aromatic rings. The molecule has 0 unspecified atom stereocenters. The molecule has 0 saturated heterocycles. The fourth-order valence-corrected chi connectivity index (χ4v) is 2.38. The van der Waals surface area contributed by atoms with Crippen LogP contribution in [0.25, 0.3) is 0 Å². The van der Waals surface area contributed by atoms with Gasteiger partial charge in [-0.25, -0.2) is 13.1 Å². The lowest BCUT2D eigenvalue weighted by Gasteiger charge is -2.11. The Kier molecular flexibility index (Phi) is 4.78. The third-order valence-electron chi connectivity index (χ3n) is 2.14. The van der Waals surface area contributed by atoms with Crippen LogP contribution >= 0.6 is 0 Å². The van der Waals surface area contributed by atoms with Gasteiger partial charge in [0.1, 0.15) is 5.75 Å². The molecule has 0 spiro atoms. The predicted octanol–water partition coefficient (Wildman–Crippen LogP) is 0.565. The minimum atomic E-state index is -3.88. The largest absolute Gasteiger partial charge is 0.495 e. The fraction of sp³-hybridized carbons (Fsp3) is 0.250. The number of methoxy groups -OCH3 is 1. The number of nitrogens with one attached hydrogen (secondary N) is 2. The summed E-state index contributed by atoms with van der Waals surface area (Å²) in [6.07, 6.45) is 5.13. The summed E-state index contributed by atoms with van der Waals surface area (Å²) in [5, 5.41) is 2.89. The maximum absolute atomic E-state index is 11.8. The molecule has 0 aliphatic heterocycles. The van der Waals surface area contributed by atoms with Gasteiger partial charge in [0.15, 0.2) is 0 Å². The second-order valence-electron chi connectivity index (χ2n) is 3.58. The molecule has 102 valence electrons. The second-order valence-corrected chi connectivity index (χ2v) is 5.26. The third kappa shape index (κ3) is 3.89. The first-order chi connectivity index (χ1) is 8.90.